The number of halogens is 1. The highest BCUT2D eigenvalue weighted by molar-refractivity contribution is 7.89. The molecule has 2 N–H and O–H groups in total. The van der Waals surface area contributed by atoms with E-state index < -0.39 is 16.0 Å². The predicted octanol–water partition coefficient (Wildman–Crippen LogP) is 2.81. The Morgan fingerprint density at radius 1 is 1.38 bits per heavy atom. The largest absolute Gasteiger partial charge is 0.478 e. The van der Waals surface area contributed by atoms with Crippen LogP contribution in [0.2, 0.25) is 5.02 Å². The first-order chi connectivity index (χ1) is 9.70. The summed E-state index contributed by atoms with van der Waals surface area (Å²) in [6.07, 6.45) is 2.58. The van der Waals surface area contributed by atoms with Crippen molar-refractivity contribution < 1.29 is 18.3 Å². The van der Waals surface area contributed by atoms with Gasteiger partial charge in [0.05, 0.1) is 10.5 Å². The van der Waals surface area contributed by atoms with Gasteiger partial charge in [0.1, 0.15) is 0 Å². The fourth-order valence-electron chi connectivity index (χ4n) is 2.75. The van der Waals surface area contributed by atoms with Crippen LogP contribution < -0.4 is 4.72 Å². The molecule has 0 spiro atoms. The molecule has 0 saturated heterocycles. The molecule has 1 fully saturated rings. The molecule has 1 aliphatic rings. The van der Waals surface area contributed by atoms with Crippen LogP contribution in [-0.4, -0.2) is 25.5 Å². The summed E-state index contributed by atoms with van der Waals surface area (Å²) in [5.41, 5.74) is 0.105. The lowest BCUT2D eigenvalue weighted by Crippen LogP contribution is -2.33. The Labute approximate surface area is 129 Å². The van der Waals surface area contributed by atoms with Gasteiger partial charge < -0.3 is 5.11 Å². The van der Waals surface area contributed by atoms with Crippen LogP contribution >= 0.6 is 11.6 Å². The van der Waals surface area contributed by atoms with Crippen LogP contribution in [0.4, 0.5) is 0 Å². The predicted molar refractivity (Wildman–Crippen MR) is 80.3 cm³/mol. The van der Waals surface area contributed by atoms with E-state index in [1.165, 1.54) is 19.1 Å². The Kier molecular flexibility index (Phi) is 4.60. The highest BCUT2D eigenvalue weighted by Crippen LogP contribution is 2.28. The van der Waals surface area contributed by atoms with Crippen molar-refractivity contribution in [1.82, 2.24) is 4.72 Å². The van der Waals surface area contributed by atoms with Crippen molar-refractivity contribution in [2.45, 2.75) is 44.0 Å². The minimum absolute atomic E-state index is 0.0630. The van der Waals surface area contributed by atoms with Crippen molar-refractivity contribution in [2.24, 2.45) is 5.92 Å². The molecule has 1 saturated carbocycles. The van der Waals surface area contributed by atoms with Gasteiger partial charge in [-0.05, 0) is 49.8 Å². The maximum atomic E-state index is 12.5. The number of rotatable bonds is 4. The van der Waals surface area contributed by atoms with Crippen LogP contribution in [0.5, 0.6) is 0 Å². The Bertz CT molecular complexity index is 672. The van der Waals surface area contributed by atoms with E-state index in [1.807, 2.05) is 0 Å². The van der Waals surface area contributed by atoms with E-state index >= 15 is 0 Å². The van der Waals surface area contributed by atoms with Crippen molar-refractivity contribution in [3.05, 3.63) is 28.3 Å². The SMILES string of the molecule is Cc1c(C(=O)O)cc(Cl)cc1S(=O)(=O)NC1CCC(C)C1. The second-order valence-corrected chi connectivity index (χ2v) is 7.74. The third kappa shape index (κ3) is 3.56. The van der Waals surface area contributed by atoms with Crippen molar-refractivity contribution in [1.29, 1.82) is 0 Å². The third-order valence-electron chi connectivity index (χ3n) is 3.86. The van der Waals surface area contributed by atoms with Gasteiger partial charge in [0, 0.05) is 11.1 Å². The number of hydrogen-bond donors (Lipinski definition) is 2. The van der Waals surface area contributed by atoms with Gasteiger partial charge >= 0.3 is 5.97 Å². The summed E-state index contributed by atoms with van der Waals surface area (Å²) < 4.78 is 27.6. The number of nitrogens with one attached hydrogen (secondary N) is 1. The van der Waals surface area contributed by atoms with Crippen LogP contribution in [0.3, 0.4) is 0 Å². The Morgan fingerprint density at radius 2 is 2.05 bits per heavy atom. The zero-order chi connectivity index (χ0) is 15.8. The maximum Gasteiger partial charge on any atom is 0.336 e. The summed E-state index contributed by atoms with van der Waals surface area (Å²) in [5.74, 6) is -0.700. The topological polar surface area (TPSA) is 83.5 Å². The van der Waals surface area contributed by atoms with E-state index in [0.29, 0.717) is 5.92 Å². The molecular formula is C14H18ClNO4S. The van der Waals surface area contributed by atoms with E-state index in [4.69, 9.17) is 16.7 Å². The summed E-state index contributed by atoms with van der Waals surface area (Å²) >= 11 is 5.86. The van der Waals surface area contributed by atoms with E-state index in [2.05, 4.69) is 11.6 Å². The van der Waals surface area contributed by atoms with Crippen LogP contribution in [0.15, 0.2) is 17.0 Å². The molecule has 7 heteroatoms. The summed E-state index contributed by atoms with van der Waals surface area (Å²) in [6, 6.07) is 2.46. The monoisotopic (exact) mass is 331 g/mol. The molecule has 1 aromatic carbocycles. The smallest absolute Gasteiger partial charge is 0.336 e. The molecule has 0 radical (unpaired) electrons. The first-order valence-corrected chi connectivity index (χ1v) is 8.62. The molecule has 2 atom stereocenters. The molecule has 21 heavy (non-hydrogen) atoms. The van der Waals surface area contributed by atoms with Gasteiger partial charge in [0.25, 0.3) is 0 Å². The molecular weight excluding hydrogens is 314 g/mol. The second-order valence-electron chi connectivity index (χ2n) is 5.62. The van der Waals surface area contributed by atoms with Crippen LogP contribution in [0.1, 0.15) is 42.1 Å². The standard InChI is InChI=1S/C14H18ClNO4S/c1-8-3-4-11(5-8)16-21(19,20)13-7-10(15)6-12(9(13)2)14(17)18/h6-8,11,16H,3-5H2,1-2H3,(H,17,18). The summed E-state index contributed by atoms with van der Waals surface area (Å²) in [7, 11) is -3.77. The van der Waals surface area contributed by atoms with Crippen LogP contribution in [0, 0.1) is 12.8 Å². The minimum Gasteiger partial charge on any atom is -0.478 e. The number of benzene rings is 1. The molecule has 0 aliphatic heterocycles. The van der Waals surface area contributed by atoms with E-state index in [0.717, 1.165) is 19.3 Å². The first kappa shape index (κ1) is 16.3. The summed E-state index contributed by atoms with van der Waals surface area (Å²) in [4.78, 5) is 11.1. The lowest BCUT2D eigenvalue weighted by Gasteiger charge is -2.16. The number of sulfonamides is 1. The first-order valence-electron chi connectivity index (χ1n) is 6.76. The number of aromatic carboxylic acids is 1. The molecule has 0 bridgehead atoms. The van der Waals surface area contributed by atoms with Gasteiger partial charge in [-0.1, -0.05) is 18.5 Å². The van der Waals surface area contributed by atoms with Crippen LogP contribution in [0.25, 0.3) is 0 Å². The average molecular weight is 332 g/mol. The van der Waals surface area contributed by atoms with Gasteiger partial charge in [0.2, 0.25) is 10.0 Å². The summed E-state index contributed by atoms with van der Waals surface area (Å²) in [5, 5.41) is 9.22. The van der Waals surface area contributed by atoms with Crippen molar-refractivity contribution in [3.8, 4) is 0 Å². The maximum absolute atomic E-state index is 12.5. The zero-order valence-electron chi connectivity index (χ0n) is 11.9. The molecule has 1 aliphatic carbocycles. The molecule has 0 aromatic heterocycles. The fourth-order valence-corrected chi connectivity index (χ4v) is 4.61. The zero-order valence-corrected chi connectivity index (χ0v) is 13.5. The molecule has 0 heterocycles. The van der Waals surface area contributed by atoms with Crippen molar-refractivity contribution in [3.63, 3.8) is 0 Å². The number of carbonyl (C=O) groups is 1. The minimum atomic E-state index is -3.77. The fraction of sp³-hybridized carbons (Fsp3) is 0.500. The van der Waals surface area contributed by atoms with Gasteiger partial charge in [-0.3, -0.25) is 0 Å². The van der Waals surface area contributed by atoms with E-state index in [9.17, 15) is 13.2 Å². The Morgan fingerprint density at radius 3 is 2.57 bits per heavy atom. The van der Waals surface area contributed by atoms with E-state index in [-0.39, 0.29) is 27.1 Å². The Hall–Kier alpha value is -1.11. The number of carboxylic acids is 1. The van der Waals surface area contributed by atoms with Crippen LogP contribution in [-0.2, 0) is 10.0 Å². The molecule has 2 rings (SSSR count). The normalized spacial score (nSPS) is 22.4. The summed E-state index contributed by atoms with van der Waals surface area (Å²) in [6.45, 7) is 3.56. The quantitative estimate of drug-likeness (QED) is 0.888. The molecule has 5 nitrogen and oxygen atoms in total. The highest BCUT2D eigenvalue weighted by Gasteiger charge is 2.28. The lowest BCUT2D eigenvalue weighted by atomic mass is 10.1. The van der Waals surface area contributed by atoms with E-state index in [1.54, 1.807) is 0 Å². The molecule has 116 valence electrons. The number of hydrogen-bond acceptors (Lipinski definition) is 3. The van der Waals surface area contributed by atoms with Crippen molar-refractivity contribution in [2.75, 3.05) is 0 Å². The molecule has 0 amide bonds. The highest BCUT2D eigenvalue weighted by atomic mass is 35.5. The number of carboxylic acid groups (broad SMARTS) is 1. The van der Waals surface area contributed by atoms with Gasteiger partial charge in [-0.15, -0.1) is 0 Å². The van der Waals surface area contributed by atoms with Gasteiger partial charge in [-0.25, -0.2) is 17.9 Å². The lowest BCUT2D eigenvalue weighted by molar-refractivity contribution is 0.0696. The second kappa shape index (κ2) is 5.94. The van der Waals surface area contributed by atoms with Gasteiger partial charge in [-0.2, -0.15) is 0 Å². The Balaban J connectivity index is 2.38. The van der Waals surface area contributed by atoms with Crippen molar-refractivity contribution >= 4 is 27.6 Å². The third-order valence-corrected chi connectivity index (χ3v) is 5.73. The molecule has 1 aromatic rings. The van der Waals surface area contributed by atoms with Gasteiger partial charge in [0.15, 0.2) is 0 Å². The average Bonchev–Trinajstić information content (AvgIpc) is 2.76. The molecule has 2 unspecified atom stereocenters.